The number of hydrogen-bond acceptors (Lipinski definition) is 5. The summed E-state index contributed by atoms with van der Waals surface area (Å²) in [5.74, 6) is -2.99. The number of halogens is 4. The minimum Gasteiger partial charge on any atom is -0.463 e. The smallest absolute Gasteiger partial charge is 0.338 e. The van der Waals surface area contributed by atoms with Gasteiger partial charge in [-0.05, 0) is 26.0 Å². The predicted octanol–water partition coefficient (Wildman–Crippen LogP) is 4.08. The number of esters is 1. The van der Waals surface area contributed by atoms with E-state index < -0.39 is 29.5 Å². The molecule has 0 aliphatic carbocycles. The molecule has 2 heterocycles. The highest BCUT2D eigenvalue weighted by molar-refractivity contribution is 6.31. The Morgan fingerprint density at radius 1 is 1.25 bits per heavy atom. The first-order valence-electron chi connectivity index (χ1n) is 8.30. The maximum Gasteiger partial charge on any atom is 0.338 e. The van der Waals surface area contributed by atoms with Crippen LogP contribution in [0.3, 0.4) is 0 Å². The van der Waals surface area contributed by atoms with Gasteiger partial charge in [-0.3, -0.25) is 4.99 Å². The molecule has 0 spiro atoms. The van der Waals surface area contributed by atoms with Crippen molar-refractivity contribution in [2.45, 2.75) is 19.9 Å². The monoisotopic (exact) mass is 409 g/mol. The molecule has 1 aliphatic rings. The third-order valence-corrected chi connectivity index (χ3v) is 4.35. The van der Waals surface area contributed by atoms with Crippen LogP contribution in [0.1, 0.15) is 31.1 Å². The molecule has 0 saturated carbocycles. The summed E-state index contributed by atoms with van der Waals surface area (Å²) in [6.45, 7) is 3.35. The minimum atomic E-state index is -0.991. The van der Waals surface area contributed by atoms with E-state index in [9.17, 15) is 18.0 Å². The Balaban J connectivity index is 2.15. The number of carbonyl (C=O) groups is 1. The quantitative estimate of drug-likeness (QED) is 0.773. The van der Waals surface area contributed by atoms with Crippen LogP contribution < -0.4 is 5.32 Å². The van der Waals surface area contributed by atoms with Crippen LogP contribution >= 0.6 is 11.6 Å². The van der Waals surface area contributed by atoms with Crippen LogP contribution in [0.15, 0.2) is 46.7 Å². The molecule has 1 aliphatic heterocycles. The Hall–Kier alpha value is -2.87. The first-order valence-corrected chi connectivity index (χ1v) is 8.68. The molecular weight excluding hydrogens is 395 g/mol. The van der Waals surface area contributed by atoms with Gasteiger partial charge in [0, 0.05) is 22.3 Å². The van der Waals surface area contributed by atoms with Gasteiger partial charge in [0.05, 0.1) is 18.4 Å². The molecule has 0 fully saturated rings. The Labute approximate surface area is 163 Å². The van der Waals surface area contributed by atoms with E-state index in [0.29, 0.717) is 17.3 Å². The fraction of sp³-hybridized carbons (Fsp3) is 0.211. The van der Waals surface area contributed by atoms with Gasteiger partial charge in [-0.15, -0.1) is 0 Å². The largest absolute Gasteiger partial charge is 0.463 e. The Morgan fingerprint density at radius 3 is 2.64 bits per heavy atom. The first kappa shape index (κ1) is 19.9. The van der Waals surface area contributed by atoms with Crippen molar-refractivity contribution < 1.29 is 22.7 Å². The zero-order valence-corrected chi connectivity index (χ0v) is 15.6. The molecule has 1 aromatic heterocycles. The second-order valence-electron chi connectivity index (χ2n) is 5.91. The van der Waals surface area contributed by atoms with Crippen molar-refractivity contribution in [3.63, 3.8) is 0 Å². The number of carbonyl (C=O) groups excluding carboxylic acids is 1. The molecule has 1 aromatic carbocycles. The van der Waals surface area contributed by atoms with E-state index in [4.69, 9.17) is 16.3 Å². The van der Waals surface area contributed by atoms with Gasteiger partial charge in [0.2, 0.25) is 0 Å². The van der Waals surface area contributed by atoms with Gasteiger partial charge in [-0.2, -0.15) is 0 Å². The highest BCUT2D eigenvalue weighted by Gasteiger charge is 2.33. The summed E-state index contributed by atoms with van der Waals surface area (Å²) in [5.41, 5.74) is 0.569. The number of aliphatic imine (C=N–C) groups is 1. The summed E-state index contributed by atoms with van der Waals surface area (Å²) in [4.78, 5) is 20.6. The van der Waals surface area contributed by atoms with Gasteiger partial charge in [0.15, 0.2) is 11.7 Å². The van der Waals surface area contributed by atoms with Gasteiger partial charge in [0.1, 0.15) is 23.4 Å². The lowest BCUT2D eigenvalue weighted by atomic mass is 9.95. The van der Waals surface area contributed by atoms with Crippen molar-refractivity contribution in [1.29, 1.82) is 0 Å². The van der Waals surface area contributed by atoms with Crippen LogP contribution in [-0.4, -0.2) is 23.4 Å². The lowest BCUT2D eigenvalue weighted by molar-refractivity contribution is -0.138. The SMILES string of the molecule is CCOC(=O)C1=C(C)NC(c2ncc(F)cc2F)=N[C@H]1c1ccc(F)cc1Cl. The predicted molar refractivity (Wildman–Crippen MR) is 97.3 cm³/mol. The van der Waals surface area contributed by atoms with E-state index in [0.717, 1.165) is 12.3 Å². The molecule has 1 N–H and O–H groups in total. The minimum absolute atomic E-state index is 0.0200. The number of nitrogens with one attached hydrogen (secondary N) is 1. The third-order valence-electron chi connectivity index (χ3n) is 4.03. The van der Waals surface area contributed by atoms with E-state index in [-0.39, 0.29) is 28.7 Å². The second-order valence-corrected chi connectivity index (χ2v) is 6.32. The summed E-state index contributed by atoms with van der Waals surface area (Å²) in [6, 6.07) is 3.33. The number of ether oxygens (including phenoxy) is 1. The highest BCUT2D eigenvalue weighted by atomic mass is 35.5. The lowest BCUT2D eigenvalue weighted by Gasteiger charge is -2.26. The average molecular weight is 410 g/mol. The lowest BCUT2D eigenvalue weighted by Crippen LogP contribution is -2.34. The number of aromatic nitrogens is 1. The number of nitrogens with zero attached hydrogens (tertiary/aromatic N) is 2. The van der Waals surface area contributed by atoms with Crippen LogP contribution in [0, 0.1) is 17.5 Å². The molecule has 0 unspecified atom stereocenters. The number of benzene rings is 1. The van der Waals surface area contributed by atoms with Crippen molar-refractivity contribution in [1.82, 2.24) is 10.3 Å². The van der Waals surface area contributed by atoms with Gasteiger partial charge in [-0.25, -0.2) is 22.9 Å². The van der Waals surface area contributed by atoms with Crippen LogP contribution in [0.25, 0.3) is 0 Å². The Kier molecular flexibility index (Phi) is 5.69. The van der Waals surface area contributed by atoms with Crippen LogP contribution in [0.4, 0.5) is 13.2 Å². The molecule has 0 saturated heterocycles. The van der Waals surface area contributed by atoms with Crippen LogP contribution in [0.2, 0.25) is 5.02 Å². The summed E-state index contributed by atoms with van der Waals surface area (Å²) in [6.07, 6.45) is 0.850. The van der Waals surface area contributed by atoms with Crippen LogP contribution in [-0.2, 0) is 9.53 Å². The van der Waals surface area contributed by atoms with Crippen molar-refractivity contribution in [2.24, 2.45) is 4.99 Å². The molecule has 1 atom stereocenters. The third kappa shape index (κ3) is 3.87. The second kappa shape index (κ2) is 8.02. The van der Waals surface area contributed by atoms with E-state index in [1.54, 1.807) is 13.8 Å². The summed E-state index contributed by atoms with van der Waals surface area (Å²) >= 11 is 6.16. The molecule has 146 valence electrons. The molecule has 28 heavy (non-hydrogen) atoms. The van der Waals surface area contributed by atoms with Gasteiger partial charge in [-0.1, -0.05) is 17.7 Å². The number of hydrogen-bond donors (Lipinski definition) is 1. The number of allylic oxidation sites excluding steroid dienone is 1. The summed E-state index contributed by atoms with van der Waals surface area (Å²) in [7, 11) is 0. The molecule has 0 bridgehead atoms. The van der Waals surface area contributed by atoms with Crippen molar-refractivity contribution >= 4 is 23.4 Å². The maximum absolute atomic E-state index is 14.2. The van der Waals surface area contributed by atoms with E-state index >= 15 is 0 Å². The zero-order valence-electron chi connectivity index (χ0n) is 14.9. The molecule has 5 nitrogen and oxygen atoms in total. The topological polar surface area (TPSA) is 63.6 Å². The first-order chi connectivity index (χ1) is 13.3. The zero-order chi connectivity index (χ0) is 20.4. The molecular formula is C19H15ClF3N3O2. The number of pyridine rings is 1. The Bertz CT molecular complexity index is 1010. The highest BCUT2D eigenvalue weighted by Crippen LogP contribution is 2.36. The van der Waals surface area contributed by atoms with Gasteiger partial charge < -0.3 is 10.1 Å². The normalized spacial score (nSPS) is 16.5. The standard InChI is InChI=1S/C19H15ClF3N3O2/c1-3-28-19(27)15-9(2)25-18(17-14(23)7-11(22)8-24-17)26-16(15)12-5-4-10(21)6-13(12)20/h4-8,16H,3H2,1-2H3,(H,25,26)/t16-/m0/s1. The van der Waals surface area contributed by atoms with Crippen molar-refractivity contribution in [3.05, 3.63) is 75.5 Å². The number of rotatable bonds is 4. The fourth-order valence-electron chi connectivity index (χ4n) is 2.81. The summed E-state index contributed by atoms with van der Waals surface area (Å²) < 4.78 is 45.9. The molecule has 9 heteroatoms. The molecule has 2 aromatic rings. The molecule has 0 radical (unpaired) electrons. The number of amidine groups is 1. The fourth-order valence-corrected chi connectivity index (χ4v) is 3.08. The molecule has 0 amide bonds. The van der Waals surface area contributed by atoms with Crippen molar-refractivity contribution in [2.75, 3.05) is 6.61 Å². The van der Waals surface area contributed by atoms with Gasteiger partial charge >= 0.3 is 5.97 Å². The van der Waals surface area contributed by atoms with Crippen molar-refractivity contribution in [3.8, 4) is 0 Å². The van der Waals surface area contributed by atoms with Gasteiger partial charge in [0.25, 0.3) is 0 Å². The van der Waals surface area contributed by atoms with E-state index in [1.165, 1.54) is 12.1 Å². The van der Waals surface area contributed by atoms with E-state index in [1.807, 2.05) is 0 Å². The Morgan fingerprint density at radius 2 is 2.00 bits per heavy atom. The van der Waals surface area contributed by atoms with E-state index in [2.05, 4.69) is 15.3 Å². The molecule has 3 rings (SSSR count). The average Bonchev–Trinajstić information content (AvgIpc) is 2.61. The summed E-state index contributed by atoms with van der Waals surface area (Å²) in [5, 5.41) is 2.84. The maximum atomic E-state index is 14.2. The van der Waals surface area contributed by atoms with Crippen LogP contribution in [0.5, 0.6) is 0 Å².